The lowest BCUT2D eigenvalue weighted by atomic mass is 9.79. The van der Waals surface area contributed by atoms with Gasteiger partial charge < -0.3 is 25.1 Å². The number of aromatic hydroxyl groups is 1. The fourth-order valence-corrected chi connectivity index (χ4v) is 4.16. The van der Waals surface area contributed by atoms with Crippen molar-refractivity contribution in [3.05, 3.63) is 34.8 Å². The number of thioether (sulfide) groups is 1. The predicted molar refractivity (Wildman–Crippen MR) is 122 cm³/mol. The molecular formula is C22H33N5O3S. The number of amides is 1. The van der Waals surface area contributed by atoms with E-state index < -0.39 is 0 Å². The van der Waals surface area contributed by atoms with Crippen LogP contribution in [0.4, 0.5) is 5.88 Å². The molecule has 170 valence electrons. The molecule has 3 rings (SSSR count). The molecule has 2 N–H and O–H groups in total. The summed E-state index contributed by atoms with van der Waals surface area (Å²) in [6.45, 7) is 15.8. The molecule has 1 fully saturated rings. The molecule has 0 saturated carbocycles. The van der Waals surface area contributed by atoms with Crippen LogP contribution in [-0.2, 0) is 15.6 Å². The summed E-state index contributed by atoms with van der Waals surface area (Å²) in [5, 5.41) is 24.1. The summed E-state index contributed by atoms with van der Waals surface area (Å²) < 4.78 is 5.20. The van der Waals surface area contributed by atoms with E-state index in [4.69, 9.17) is 4.52 Å². The first-order chi connectivity index (χ1) is 14.4. The first kappa shape index (κ1) is 23.4. The molecule has 1 aromatic carbocycles. The summed E-state index contributed by atoms with van der Waals surface area (Å²) in [4.78, 5) is 15.0. The minimum atomic E-state index is -0.295. The van der Waals surface area contributed by atoms with E-state index in [1.54, 1.807) is 11.0 Å². The van der Waals surface area contributed by atoms with Crippen molar-refractivity contribution in [1.29, 1.82) is 0 Å². The summed E-state index contributed by atoms with van der Waals surface area (Å²) >= 11 is 1.41. The van der Waals surface area contributed by atoms with Crippen molar-refractivity contribution in [3.8, 4) is 5.75 Å². The van der Waals surface area contributed by atoms with Crippen molar-refractivity contribution >= 4 is 23.6 Å². The van der Waals surface area contributed by atoms with Crippen LogP contribution in [-0.4, -0.2) is 48.2 Å². The Morgan fingerprint density at radius 3 is 2.32 bits per heavy atom. The number of benzene rings is 1. The highest BCUT2D eigenvalue weighted by atomic mass is 32.2. The standard InChI is InChI=1S/C22H33N5O3S/c1-21(2,3)16-11-15(12-17(20(16)29)22(4,5)6)31-14-18(28)24-19-13-27(25-30-19)26-9-7-23-8-10-26/h11-13,23H,7-10,14H2,1-6H3,(H-,24,25,28,29). The van der Waals surface area contributed by atoms with Gasteiger partial charge in [0.2, 0.25) is 5.27 Å². The van der Waals surface area contributed by atoms with Gasteiger partial charge in [0.05, 0.1) is 23.8 Å². The third kappa shape index (κ3) is 5.92. The van der Waals surface area contributed by atoms with Crippen LogP contribution >= 0.6 is 11.8 Å². The first-order valence-electron chi connectivity index (χ1n) is 10.5. The minimum Gasteiger partial charge on any atom is -0.588 e. The average molecular weight is 448 g/mol. The molecule has 0 radical (unpaired) electrons. The molecule has 1 aliphatic heterocycles. The van der Waals surface area contributed by atoms with E-state index in [9.17, 15) is 9.90 Å². The lowest BCUT2D eigenvalue weighted by Gasteiger charge is -2.28. The number of hydrogen-bond acceptors (Lipinski definition) is 7. The fourth-order valence-electron chi connectivity index (χ4n) is 3.41. The summed E-state index contributed by atoms with van der Waals surface area (Å²) in [5.41, 5.74) is 1.32. The number of aromatic nitrogens is 2. The van der Waals surface area contributed by atoms with E-state index in [0.717, 1.165) is 42.2 Å². The molecule has 0 aliphatic carbocycles. The molecule has 0 bridgehead atoms. The molecule has 1 aromatic heterocycles. The van der Waals surface area contributed by atoms with Crippen LogP contribution in [0, 0.1) is 0 Å². The summed E-state index contributed by atoms with van der Waals surface area (Å²) in [7, 11) is 0. The van der Waals surface area contributed by atoms with Gasteiger partial charge in [-0.2, -0.15) is 5.01 Å². The van der Waals surface area contributed by atoms with Crippen molar-refractivity contribution < 1.29 is 19.2 Å². The largest absolute Gasteiger partial charge is 0.588 e. The molecule has 2 heterocycles. The molecule has 1 saturated heterocycles. The maximum Gasteiger partial charge on any atom is 0.257 e. The number of phenols is 1. The van der Waals surface area contributed by atoms with Gasteiger partial charge in [-0.3, -0.25) is 0 Å². The number of piperazine rings is 1. The second-order valence-electron chi connectivity index (χ2n) is 9.83. The fraction of sp³-hybridized carbons (Fsp3) is 0.591. The molecule has 0 unspecified atom stereocenters. The molecule has 2 aromatic rings. The Labute approximate surface area is 188 Å². The number of carbonyl (C=O) groups excluding carboxylic acids is 1. The van der Waals surface area contributed by atoms with Crippen LogP contribution in [0.3, 0.4) is 0 Å². The zero-order valence-electron chi connectivity index (χ0n) is 19.2. The zero-order chi connectivity index (χ0) is 22.8. The Hall–Kier alpha value is -2.26. The van der Waals surface area contributed by atoms with Gasteiger partial charge >= 0.3 is 0 Å². The van der Waals surface area contributed by atoms with E-state index >= 15 is 0 Å². The average Bonchev–Trinajstić information content (AvgIpc) is 3.14. The van der Waals surface area contributed by atoms with Crippen molar-refractivity contribution in [2.24, 2.45) is 0 Å². The van der Waals surface area contributed by atoms with Crippen molar-refractivity contribution in [2.75, 3.05) is 36.9 Å². The summed E-state index contributed by atoms with van der Waals surface area (Å²) in [5.74, 6) is 0.406. The highest BCUT2D eigenvalue weighted by Gasteiger charge is 2.26. The normalized spacial score (nSPS) is 15.2. The van der Waals surface area contributed by atoms with E-state index in [0.29, 0.717) is 5.75 Å². The molecule has 9 heteroatoms. The van der Waals surface area contributed by atoms with Crippen LogP contribution in [0.1, 0.15) is 52.7 Å². The number of rotatable bonds is 5. The molecular weight excluding hydrogens is 414 g/mol. The van der Waals surface area contributed by atoms with Crippen molar-refractivity contribution in [2.45, 2.75) is 57.3 Å². The van der Waals surface area contributed by atoms with Gasteiger partial charge in [-0.25, -0.2) is 0 Å². The Morgan fingerprint density at radius 1 is 1.19 bits per heavy atom. The summed E-state index contributed by atoms with van der Waals surface area (Å²) in [6.07, 6.45) is 1.63. The van der Waals surface area contributed by atoms with Crippen molar-refractivity contribution in [1.82, 2.24) is 10.6 Å². The number of phenolic OH excluding ortho intramolecular Hbond substituents is 1. The molecule has 8 nitrogen and oxygen atoms in total. The molecule has 1 amide bonds. The van der Waals surface area contributed by atoms with Gasteiger partial charge in [0.1, 0.15) is 11.6 Å². The van der Waals surface area contributed by atoms with E-state index in [1.165, 1.54) is 11.8 Å². The second kappa shape index (κ2) is 9.08. The second-order valence-corrected chi connectivity index (χ2v) is 10.9. The van der Waals surface area contributed by atoms with Crippen LogP contribution < -0.4 is 15.1 Å². The topological polar surface area (TPSA) is 96.6 Å². The van der Waals surface area contributed by atoms with E-state index in [-0.39, 0.29) is 28.4 Å². The first-order valence-corrected chi connectivity index (χ1v) is 11.5. The van der Waals surface area contributed by atoms with E-state index in [2.05, 4.69) is 57.4 Å². The SMILES string of the molecule is CC(C)(C)c1cc(SCC(=O)[N-]c2c[n+](N3CCNCC3)no2)cc(C(C)(C)C)c1O. The third-order valence-corrected chi connectivity index (χ3v) is 6.08. The number of nitrogens with one attached hydrogen (secondary N) is 1. The molecule has 1 aliphatic rings. The summed E-state index contributed by atoms with van der Waals surface area (Å²) in [6, 6.07) is 3.94. The van der Waals surface area contributed by atoms with Crippen molar-refractivity contribution in [3.63, 3.8) is 0 Å². The van der Waals surface area contributed by atoms with E-state index in [1.807, 2.05) is 17.1 Å². The third-order valence-electron chi connectivity index (χ3n) is 5.12. The molecule has 0 atom stereocenters. The van der Waals surface area contributed by atoms with Gasteiger partial charge in [-0.1, -0.05) is 41.5 Å². The Bertz CT molecular complexity index is 889. The van der Waals surface area contributed by atoms with Gasteiger partial charge in [0.25, 0.3) is 6.20 Å². The van der Waals surface area contributed by atoms with Gasteiger partial charge in [-0.15, -0.1) is 11.8 Å². The minimum absolute atomic E-state index is 0.173. The number of hydrogen-bond donors (Lipinski definition) is 2. The lowest BCUT2D eigenvalue weighted by molar-refractivity contribution is -0.758. The number of carbonyl (C=O) groups is 1. The lowest BCUT2D eigenvalue weighted by Crippen LogP contribution is -2.64. The van der Waals surface area contributed by atoms with Crippen LogP contribution in [0.5, 0.6) is 5.75 Å². The van der Waals surface area contributed by atoms with Crippen LogP contribution in [0.15, 0.2) is 27.7 Å². The zero-order valence-corrected chi connectivity index (χ0v) is 20.0. The molecule has 31 heavy (non-hydrogen) atoms. The van der Waals surface area contributed by atoms with Gasteiger partial charge in [-0.05, 0) is 23.0 Å². The highest BCUT2D eigenvalue weighted by Crippen LogP contribution is 2.41. The van der Waals surface area contributed by atoms with Gasteiger partial charge in [0.15, 0.2) is 0 Å². The Morgan fingerprint density at radius 2 is 1.77 bits per heavy atom. The molecule has 0 spiro atoms. The van der Waals surface area contributed by atoms with Crippen LogP contribution in [0.2, 0.25) is 0 Å². The Kier molecular flexibility index (Phi) is 6.85. The predicted octanol–water partition coefficient (Wildman–Crippen LogP) is 3.13. The number of nitrogens with zero attached hydrogens (tertiary/aromatic N) is 4. The highest BCUT2D eigenvalue weighted by molar-refractivity contribution is 8.00. The van der Waals surface area contributed by atoms with Crippen LogP contribution in [0.25, 0.3) is 5.32 Å². The quantitative estimate of drug-likeness (QED) is 0.537. The monoisotopic (exact) mass is 447 g/mol. The smallest absolute Gasteiger partial charge is 0.257 e. The maximum absolute atomic E-state index is 12.4. The van der Waals surface area contributed by atoms with Gasteiger partial charge in [0, 0.05) is 34.9 Å². The maximum atomic E-state index is 12.4. The Balaban J connectivity index is 1.68.